The summed E-state index contributed by atoms with van der Waals surface area (Å²) in [5.41, 5.74) is 4.47. The van der Waals surface area contributed by atoms with E-state index >= 15 is 0 Å². The number of fused-ring (bicyclic) bond motifs is 2. The molecule has 45 heavy (non-hydrogen) atoms. The third-order valence-corrected chi connectivity index (χ3v) is 11.8. The van der Waals surface area contributed by atoms with Crippen molar-refractivity contribution in [3.8, 4) is 11.1 Å². The topological polar surface area (TPSA) is 105 Å². The smallest absolute Gasteiger partial charge is 0.407 e. The Hall–Kier alpha value is -3.33. The highest BCUT2D eigenvalue weighted by Crippen LogP contribution is 2.33. The lowest BCUT2D eigenvalue weighted by Gasteiger charge is -2.31. The summed E-state index contributed by atoms with van der Waals surface area (Å²) in [5.74, 6) is 0.987. The Labute approximate surface area is 268 Å². The third kappa shape index (κ3) is 8.69. The number of piperidine rings is 1. The summed E-state index contributed by atoms with van der Waals surface area (Å²) in [6.07, 6.45) is 4.32. The van der Waals surface area contributed by atoms with Gasteiger partial charge in [0.1, 0.15) is 19.3 Å². The fourth-order valence-electron chi connectivity index (χ4n) is 5.46. The van der Waals surface area contributed by atoms with Gasteiger partial charge in [0.25, 0.3) is 0 Å². The number of para-hydroxylation sites is 1. The number of rotatable bonds is 13. The minimum atomic E-state index is -1.25. The lowest BCUT2D eigenvalue weighted by molar-refractivity contribution is 0.0942. The van der Waals surface area contributed by atoms with Gasteiger partial charge in [0.15, 0.2) is 5.65 Å². The van der Waals surface area contributed by atoms with Gasteiger partial charge in [-0.15, -0.1) is 0 Å². The van der Waals surface area contributed by atoms with Gasteiger partial charge in [0.05, 0.1) is 11.7 Å². The molecule has 12 heteroatoms. The maximum atomic E-state index is 11.6. The van der Waals surface area contributed by atoms with Crippen LogP contribution in [0.5, 0.6) is 0 Å². The van der Waals surface area contributed by atoms with Crippen molar-refractivity contribution in [2.24, 2.45) is 0 Å². The maximum Gasteiger partial charge on any atom is 0.407 e. The van der Waals surface area contributed by atoms with Crippen molar-refractivity contribution in [3.63, 3.8) is 0 Å². The average molecular weight is 649 g/mol. The summed E-state index contributed by atoms with van der Waals surface area (Å²) in [6.45, 7) is 17.3. The molecule has 0 spiro atoms. The van der Waals surface area contributed by atoms with E-state index in [2.05, 4.69) is 62.4 Å². The quantitative estimate of drug-likeness (QED) is 0.0920. The van der Waals surface area contributed by atoms with Crippen LogP contribution in [-0.2, 0) is 9.47 Å². The number of nitrogens with zero attached hydrogens (tertiary/aromatic N) is 6. The van der Waals surface area contributed by atoms with Gasteiger partial charge in [0.2, 0.25) is 0 Å². The molecule has 0 bridgehead atoms. The van der Waals surface area contributed by atoms with Crippen molar-refractivity contribution in [2.75, 3.05) is 44.7 Å². The first-order valence-electron chi connectivity index (χ1n) is 16.0. The van der Waals surface area contributed by atoms with Gasteiger partial charge >= 0.3 is 6.09 Å². The molecule has 4 heterocycles. The van der Waals surface area contributed by atoms with Gasteiger partial charge < -0.3 is 24.4 Å². The van der Waals surface area contributed by atoms with Crippen LogP contribution in [0.2, 0.25) is 51.4 Å². The molecule has 1 amide bonds. The van der Waals surface area contributed by atoms with Crippen LogP contribution in [0.4, 0.5) is 10.6 Å². The lowest BCUT2D eigenvalue weighted by atomic mass is 9.93. The van der Waals surface area contributed by atoms with Crippen LogP contribution in [0, 0.1) is 0 Å². The number of pyridine rings is 1. The molecule has 0 aliphatic carbocycles. The number of anilines is 1. The van der Waals surface area contributed by atoms with Crippen molar-refractivity contribution in [2.45, 2.75) is 70.1 Å². The first-order chi connectivity index (χ1) is 21.4. The van der Waals surface area contributed by atoms with Gasteiger partial charge in [0, 0.05) is 82.8 Å². The number of ether oxygens (including phenoxy) is 2. The summed E-state index contributed by atoms with van der Waals surface area (Å²) < 4.78 is 14.5. The number of hydrogen-bond donors (Lipinski definition) is 1. The molecular formula is C33H48N6O4Si2. The predicted molar refractivity (Wildman–Crippen MR) is 186 cm³/mol. The summed E-state index contributed by atoms with van der Waals surface area (Å²) in [6, 6.07) is 14.5. The molecule has 4 aromatic rings. The molecule has 5 rings (SSSR count). The minimum Gasteiger partial charge on any atom is -0.465 e. The highest BCUT2D eigenvalue weighted by Gasteiger charge is 2.27. The van der Waals surface area contributed by atoms with E-state index in [4.69, 9.17) is 24.5 Å². The lowest BCUT2D eigenvalue weighted by Crippen LogP contribution is -2.37. The SMILES string of the molecule is C[Si](C)(C)CCOCN(COCC[Si](C)(C)C)c1cc(C2CCN(C(=O)O)CC2)nc2c(-c3cnc4ccccc4c3)cnn12. The number of benzene rings is 1. The van der Waals surface area contributed by atoms with Crippen molar-refractivity contribution in [3.05, 3.63) is 54.5 Å². The minimum absolute atomic E-state index is 0.129. The van der Waals surface area contributed by atoms with E-state index in [0.29, 0.717) is 39.8 Å². The van der Waals surface area contributed by atoms with Gasteiger partial charge in [-0.25, -0.2) is 9.78 Å². The molecule has 0 saturated carbocycles. The van der Waals surface area contributed by atoms with Gasteiger partial charge in [-0.05, 0) is 37.1 Å². The number of aromatic nitrogens is 4. The maximum absolute atomic E-state index is 11.6. The molecule has 0 unspecified atom stereocenters. The molecule has 0 atom stereocenters. The second-order valence-corrected chi connectivity index (χ2v) is 25.8. The zero-order chi connectivity index (χ0) is 32.2. The van der Waals surface area contributed by atoms with E-state index < -0.39 is 22.2 Å². The Morgan fingerprint density at radius 3 is 2.22 bits per heavy atom. The molecule has 1 saturated heterocycles. The molecule has 1 fully saturated rings. The van der Waals surface area contributed by atoms with Crippen LogP contribution in [0.3, 0.4) is 0 Å². The molecule has 1 N–H and O–H groups in total. The fraction of sp³-hybridized carbons (Fsp3) is 0.515. The summed E-state index contributed by atoms with van der Waals surface area (Å²) in [5, 5.41) is 15.4. The first-order valence-corrected chi connectivity index (χ1v) is 23.4. The summed E-state index contributed by atoms with van der Waals surface area (Å²) in [4.78, 5) is 25.1. The van der Waals surface area contributed by atoms with Crippen LogP contribution >= 0.6 is 0 Å². The van der Waals surface area contributed by atoms with E-state index in [9.17, 15) is 9.90 Å². The zero-order valence-electron chi connectivity index (χ0n) is 27.6. The fourth-order valence-corrected chi connectivity index (χ4v) is 6.98. The van der Waals surface area contributed by atoms with Crippen LogP contribution in [-0.4, -0.2) is 91.6 Å². The molecule has 3 aromatic heterocycles. The van der Waals surface area contributed by atoms with Crippen molar-refractivity contribution in [1.29, 1.82) is 0 Å². The molecule has 242 valence electrons. The Morgan fingerprint density at radius 1 is 0.956 bits per heavy atom. The van der Waals surface area contributed by atoms with E-state index in [1.807, 2.05) is 35.1 Å². The predicted octanol–water partition coefficient (Wildman–Crippen LogP) is 7.23. The Kier molecular flexibility index (Phi) is 10.3. The summed E-state index contributed by atoms with van der Waals surface area (Å²) >= 11 is 0. The normalized spacial score (nSPS) is 14.8. The molecule has 1 aliphatic heterocycles. The van der Waals surface area contributed by atoms with Crippen molar-refractivity contribution < 1.29 is 19.4 Å². The molecular weight excluding hydrogens is 601 g/mol. The Balaban J connectivity index is 1.53. The van der Waals surface area contributed by atoms with Crippen molar-refractivity contribution in [1.82, 2.24) is 24.5 Å². The van der Waals surface area contributed by atoms with E-state index in [-0.39, 0.29) is 5.92 Å². The van der Waals surface area contributed by atoms with Crippen LogP contribution < -0.4 is 4.90 Å². The largest absolute Gasteiger partial charge is 0.465 e. The highest BCUT2D eigenvalue weighted by molar-refractivity contribution is 6.76. The number of carbonyl (C=O) groups is 1. The molecule has 1 aromatic carbocycles. The monoisotopic (exact) mass is 648 g/mol. The zero-order valence-corrected chi connectivity index (χ0v) is 29.6. The van der Waals surface area contributed by atoms with E-state index in [1.165, 1.54) is 4.90 Å². The van der Waals surface area contributed by atoms with Gasteiger partial charge in [-0.3, -0.25) is 4.98 Å². The van der Waals surface area contributed by atoms with E-state index in [0.717, 1.165) is 64.1 Å². The summed E-state index contributed by atoms with van der Waals surface area (Å²) in [7, 11) is -2.51. The number of amides is 1. The Morgan fingerprint density at radius 2 is 1.60 bits per heavy atom. The van der Waals surface area contributed by atoms with Gasteiger partial charge in [-0.2, -0.15) is 9.61 Å². The first kappa shape index (κ1) is 33.0. The second kappa shape index (κ2) is 14.0. The highest BCUT2D eigenvalue weighted by atomic mass is 28.3. The van der Waals surface area contributed by atoms with Crippen LogP contribution in [0.25, 0.3) is 27.7 Å². The average Bonchev–Trinajstić information content (AvgIpc) is 3.43. The number of likely N-dealkylation sites (tertiary alicyclic amines) is 1. The number of hydrogen-bond acceptors (Lipinski definition) is 7. The van der Waals surface area contributed by atoms with Crippen LogP contribution in [0.15, 0.2) is 48.8 Å². The molecule has 1 aliphatic rings. The molecule has 10 nitrogen and oxygen atoms in total. The Bertz CT molecular complexity index is 1590. The third-order valence-electron chi connectivity index (χ3n) is 8.37. The van der Waals surface area contributed by atoms with Crippen molar-refractivity contribution >= 4 is 44.6 Å². The van der Waals surface area contributed by atoms with Crippen LogP contribution in [0.1, 0.15) is 24.5 Å². The standard InChI is InChI=1S/C33H48N6O4Si2/c1-44(2,3)17-15-42-23-38(24-43-16-18-45(4,5)6)31-20-30(25-11-13-37(14-12-25)33(40)41)36-32-28(22-35-39(31)32)27-19-26-9-7-8-10-29(26)34-21-27/h7-10,19-22,25H,11-18,23-24H2,1-6H3,(H,40,41). The molecule has 0 radical (unpaired) electrons. The second-order valence-electron chi connectivity index (χ2n) is 14.5. The number of carboxylic acid groups (broad SMARTS) is 1. The van der Waals surface area contributed by atoms with Gasteiger partial charge in [-0.1, -0.05) is 57.5 Å². The van der Waals surface area contributed by atoms with E-state index in [1.54, 1.807) is 0 Å².